The minimum Gasteiger partial charge on any atom is -0.492 e. The second-order valence-electron chi connectivity index (χ2n) is 4.34. The van der Waals surface area contributed by atoms with Crippen molar-refractivity contribution >= 4 is 17.3 Å². The first-order valence-corrected chi connectivity index (χ1v) is 6.27. The van der Waals surface area contributed by atoms with Crippen LogP contribution in [0.15, 0.2) is 12.1 Å². The van der Waals surface area contributed by atoms with Crippen LogP contribution in [-0.2, 0) is 4.74 Å². The van der Waals surface area contributed by atoms with Crippen LogP contribution in [0.4, 0.5) is 11.4 Å². The summed E-state index contributed by atoms with van der Waals surface area (Å²) in [5.41, 5.74) is 7.10. The van der Waals surface area contributed by atoms with Gasteiger partial charge >= 0.3 is 5.97 Å². The Labute approximate surface area is 111 Å². The molecule has 1 atom stereocenters. The van der Waals surface area contributed by atoms with Crippen LogP contribution < -0.4 is 15.8 Å². The summed E-state index contributed by atoms with van der Waals surface area (Å²) in [6.45, 7) is 3.64. The standard InChI is InChI=1S/C13H18N2O4/c1-2-18-11-6-8(13(16)17)5-10(12(11)14)15-7-9-3-4-19-9/h5-6,9,15H,2-4,7,14H2,1H3,(H,16,17). The molecule has 4 N–H and O–H groups in total. The molecule has 0 saturated carbocycles. The number of nitrogen functional groups attached to an aromatic ring is 1. The molecule has 2 rings (SSSR count). The predicted octanol–water partition coefficient (Wildman–Crippen LogP) is 1.57. The fourth-order valence-electron chi connectivity index (χ4n) is 1.84. The van der Waals surface area contributed by atoms with E-state index < -0.39 is 5.97 Å². The Hall–Kier alpha value is -1.95. The maximum Gasteiger partial charge on any atom is 0.335 e. The van der Waals surface area contributed by atoms with Gasteiger partial charge in [-0.3, -0.25) is 0 Å². The Morgan fingerprint density at radius 2 is 2.37 bits per heavy atom. The van der Waals surface area contributed by atoms with Crippen LogP contribution in [-0.4, -0.2) is 36.9 Å². The van der Waals surface area contributed by atoms with Gasteiger partial charge in [0.15, 0.2) is 0 Å². The van der Waals surface area contributed by atoms with Gasteiger partial charge in [0.1, 0.15) is 5.75 Å². The summed E-state index contributed by atoms with van der Waals surface area (Å²) in [6.07, 6.45) is 1.17. The van der Waals surface area contributed by atoms with E-state index in [4.69, 9.17) is 20.3 Å². The molecule has 19 heavy (non-hydrogen) atoms. The molecule has 0 amide bonds. The van der Waals surface area contributed by atoms with Crippen LogP contribution in [0.3, 0.4) is 0 Å². The highest BCUT2D eigenvalue weighted by atomic mass is 16.5. The van der Waals surface area contributed by atoms with E-state index in [0.717, 1.165) is 13.0 Å². The molecule has 0 spiro atoms. The molecule has 1 aromatic rings. The normalized spacial score (nSPS) is 17.6. The van der Waals surface area contributed by atoms with E-state index in [0.29, 0.717) is 30.3 Å². The SMILES string of the molecule is CCOc1cc(C(=O)O)cc(NCC2CCO2)c1N. The lowest BCUT2D eigenvalue weighted by Gasteiger charge is -2.27. The zero-order valence-electron chi connectivity index (χ0n) is 10.8. The predicted molar refractivity (Wildman–Crippen MR) is 71.8 cm³/mol. The van der Waals surface area contributed by atoms with Gasteiger partial charge in [0, 0.05) is 13.2 Å². The van der Waals surface area contributed by atoms with E-state index >= 15 is 0 Å². The van der Waals surface area contributed by atoms with Gasteiger partial charge in [-0.15, -0.1) is 0 Å². The highest BCUT2D eigenvalue weighted by molar-refractivity contribution is 5.92. The van der Waals surface area contributed by atoms with E-state index in [1.165, 1.54) is 12.1 Å². The quantitative estimate of drug-likeness (QED) is 0.677. The largest absolute Gasteiger partial charge is 0.492 e. The van der Waals surface area contributed by atoms with Crippen LogP contribution >= 0.6 is 0 Å². The van der Waals surface area contributed by atoms with Crippen LogP contribution in [0.1, 0.15) is 23.7 Å². The fraction of sp³-hybridized carbons (Fsp3) is 0.462. The van der Waals surface area contributed by atoms with Crippen molar-refractivity contribution in [2.24, 2.45) is 0 Å². The Bertz CT molecular complexity index is 472. The van der Waals surface area contributed by atoms with Crippen molar-refractivity contribution in [2.75, 3.05) is 30.8 Å². The average Bonchev–Trinajstić information content (AvgIpc) is 2.31. The molecule has 1 fully saturated rings. The number of hydrogen-bond acceptors (Lipinski definition) is 5. The summed E-state index contributed by atoms with van der Waals surface area (Å²) in [5.74, 6) is -0.622. The van der Waals surface area contributed by atoms with Gasteiger partial charge in [0.25, 0.3) is 0 Å². The summed E-state index contributed by atoms with van der Waals surface area (Å²) in [5, 5.41) is 12.2. The van der Waals surface area contributed by atoms with Crippen LogP contribution in [0, 0.1) is 0 Å². The number of carbonyl (C=O) groups is 1. The maximum absolute atomic E-state index is 11.1. The molecule has 1 heterocycles. The molecule has 1 aromatic carbocycles. The first kappa shape index (κ1) is 13.5. The molecule has 0 aliphatic carbocycles. The minimum atomic E-state index is -1.01. The van der Waals surface area contributed by atoms with Crippen molar-refractivity contribution in [3.8, 4) is 5.75 Å². The number of rotatable bonds is 6. The molecule has 0 radical (unpaired) electrons. The number of ether oxygens (including phenoxy) is 2. The van der Waals surface area contributed by atoms with E-state index in [1.54, 1.807) is 0 Å². The summed E-state index contributed by atoms with van der Waals surface area (Å²) in [7, 11) is 0. The van der Waals surface area contributed by atoms with Gasteiger partial charge < -0.3 is 25.6 Å². The van der Waals surface area contributed by atoms with Crippen molar-refractivity contribution in [3.63, 3.8) is 0 Å². The number of anilines is 2. The number of hydrogen-bond donors (Lipinski definition) is 3. The Morgan fingerprint density at radius 1 is 1.63 bits per heavy atom. The first-order chi connectivity index (χ1) is 9.11. The van der Waals surface area contributed by atoms with Gasteiger partial charge in [0.2, 0.25) is 0 Å². The first-order valence-electron chi connectivity index (χ1n) is 6.27. The summed E-state index contributed by atoms with van der Waals surface area (Å²) < 4.78 is 10.7. The smallest absolute Gasteiger partial charge is 0.335 e. The fourth-order valence-corrected chi connectivity index (χ4v) is 1.84. The molecule has 1 saturated heterocycles. The van der Waals surface area contributed by atoms with Gasteiger partial charge in [-0.1, -0.05) is 0 Å². The second-order valence-corrected chi connectivity index (χ2v) is 4.34. The third-order valence-electron chi connectivity index (χ3n) is 3.00. The second kappa shape index (κ2) is 5.79. The summed E-state index contributed by atoms with van der Waals surface area (Å²) in [6, 6.07) is 2.95. The van der Waals surface area contributed by atoms with E-state index in [1.807, 2.05) is 6.92 Å². The third kappa shape index (κ3) is 3.08. The lowest BCUT2D eigenvalue weighted by molar-refractivity contribution is -0.0410. The highest BCUT2D eigenvalue weighted by Gasteiger charge is 2.19. The van der Waals surface area contributed by atoms with Gasteiger partial charge in [-0.2, -0.15) is 0 Å². The number of carboxylic acids is 1. The molecule has 1 aliphatic rings. The van der Waals surface area contributed by atoms with Crippen molar-refractivity contribution in [1.29, 1.82) is 0 Å². The van der Waals surface area contributed by atoms with E-state index in [2.05, 4.69) is 5.32 Å². The van der Waals surface area contributed by atoms with Crippen LogP contribution in [0.5, 0.6) is 5.75 Å². The lowest BCUT2D eigenvalue weighted by Crippen LogP contribution is -2.33. The Morgan fingerprint density at radius 3 is 2.89 bits per heavy atom. The van der Waals surface area contributed by atoms with E-state index in [9.17, 15) is 4.79 Å². The number of benzene rings is 1. The molecule has 1 unspecified atom stereocenters. The minimum absolute atomic E-state index is 0.148. The average molecular weight is 266 g/mol. The molecular formula is C13H18N2O4. The molecule has 0 aromatic heterocycles. The zero-order valence-corrected chi connectivity index (χ0v) is 10.8. The number of nitrogens with one attached hydrogen (secondary N) is 1. The van der Waals surface area contributed by atoms with Crippen molar-refractivity contribution in [3.05, 3.63) is 17.7 Å². The highest BCUT2D eigenvalue weighted by Crippen LogP contribution is 2.32. The molecule has 6 nitrogen and oxygen atoms in total. The van der Waals surface area contributed by atoms with Gasteiger partial charge in [-0.25, -0.2) is 4.79 Å². The Balaban J connectivity index is 2.20. The van der Waals surface area contributed by atoms with Gasteiger partial charge in [0.05, 0.1) is 29.6 Å². The van der Waals surface area contributed by atoms with Crippen LogP contribution in [0.2, 0.25) is 0 Å². The summed E-state index contributed by atoms with van der Waals surface area (Å²) in [4.78, 5) is 11.1. The zero-order chi connectivity index (χ0) is 13.8. The van der Waals surface area contributed by atoms with Crippen molar-refractivity contribution in [1.82, 2.24) is 0 Å². The molecule has 0 bridgehead atoms. The molecule has 6 heteroatoms. The van der Waals surface area contributed by atoms with Crippen molar-refractivity contribution in [2.45, 2.75) is 19.4 Å². The summed E-state index contributed by atoms with van der Waals surface area (Å²) >= 11 is 0. The maximum atomic E-state index is 11.1. The number of aromatic carboxylic acids is 1. The number of nitrogens with two attached hydrogens (primary N) is 1. The molecule has 104 valence electrons. The third-order valence-corrected chi connectivity index (χ3v) is 3.00. The van der Waals surface area contributed by atoms with Crippen LogP contribution in [0.25, 0.3) is 0 Å². The topological polar surface area (TPSA) is 93.8 Å². The number of carboxylic acid groups (broad SMARTS) is 1. The molecule has 1 aliphatic heterocycles. The van der Waals surface area contributed by atoms with Gasteiger partial charge in [-0.05, 0) is 25.5 Å². The lowest BCUT2D eigenvalue weighted by atomic mass is 10.1. The monoisotopic (exact) mass is 266 g/mol. The Kier molecular flexibility index (Phi) is 4.11. The van der Waals surface area contributed by atoms with Crippen molar-refractivity contribution < 1.29 is 19.4 Å². The van der Waals surface area contributed by atoms with E-state index in [-0.39, 0.29) is 11.7 Å². The molecular weight excluding hydrogens is 248 g/mol.